The maximum atomic E-state index is 13.0. The number of alkyl halides is 6. The number of amides is 1. The zero-order valence-corrected chi connectivity index (χ0v) is 18.2. The zero-order chi connectivity index (χ0) is 24.9. The van der Waals surface area contributed by atoms with Crippen molar-refractivity contribution in [3.8, 4) is 0 Å². The van der Waals surface area contributed by atoms with E-state index in [4.69, 9.17) is 4.74 Å². The van der Waals surface area contributed by atoms with Crippen molar-refractivity contribution in [2.75, 3.05) is 20.3 Å². The number of rotatable bonds is 8. The number of carbonyl (C=O) groups is 1. The number of hydrogen-bond donors (Lipinski definition) is 0. The first kappa shape index (κ1) is 25.4. The zero-order valence-electron chi connectivity index (χ0n) is 18.2. The van der Waals surface area contributed by atoms with Crippen molar-refractivity contribution in [2.45, 2.75) is 25.4 Å². The molecule has 0 N–H and O–H groups in total. The van der Waals surface area contributed by atoms with Crippen LogP contribution in [0.15, 0.2) is 66.9 Å². The molecule has 2 aromatic carbocycles. The van der Waals surface area contributed by atoms with Crippen LogP contribution in [0.1, 0.15) is 32.7 Å². The van der Waals surface area contributed by atoms with Crippen LogP contribution in [0.4, 0.5) is 26.3 Å². The second-order valence-corrected chi connectivity index (χ2v) is 7.62. The number of halogens is 6. The molecular weight excluding hydrogens is 462 g/mol. The Balaban J connectivity index is 1.80. The molecule has 0 saturated heterocycles. The van der Waals surface area contributed by atoms with E-state index in [-0.39, 0.29) is 31.8 Å². The van der Waals surface area contributed by atoms with Crippen molar-refractivity contribution in [2.24, 2.45) is 0 Å². The van der Waals surface area contributed by atoms with E-state index in [2.05, 4.69) is 0 Å². The first-order valence-corrected chi connectivity index (χ1v) is 10.2. The van der Waals surface area contributed by atoms with Gasteiger partial charge in [0.2, 0.25) is 0 Å². The van der Waals surface area contributed by atoms with Gasteiger partial charge in [0.25, 0.3) is 5.91 Å². The summed E-state index contributed by atoms with van der Waals surface area (Å²) in [5, 5.41) is 0. The molecule has 0 atom stereocenters. The topological polar surface area (TPSA) is 34.5 Å². The van der Waals surface area contributed by atoms with Gasteiger partial charge in [-0.05, 0) is 54.1 Å². The second kappa shape index (κ2) is 10.3. The van der Waals surface area contributed by atoms with Gasteiger partial charge in [-0.3, -0.25) is 4.79 Å². The number of nitrogens with zero attached hydrogens (tertiary/aromatic N) is 2. The van der Waals surface area contributed by atoms with Gasteiger partial charge in [0.15, 0.2) is 0 Å². The molecule has 34 heavy (non-hydrogen) atoms. The first-order valence-electron chi connectivity index (χ1n) is 10.2. The van der Waals surface area contributed by atoms with Crippen molar-refractivity contribution in [1.82, 2.24) is 9.47 Å². The third-order valence-electron chi connectivity index (χ3n) is 5.20. The molecule has 1 amide bonds. The predicted molar refractivity (Wildman–Crippen MR) is 113 cm³/mol. The molecule has 4 nitrogen and oxygen atoms in total. The largest absolute Gasteiger partial charge is 0.416 e. The minimum atomic E-state index is -4.51. The van der Waals surface area contributed by atoms with Gasteiger partial charge in [0, 0.05) is 37.7 Å². The third-order valence-corrected chi connectivity index (χ3v) is 5.20. The molecule has 0 fully saturated rings. The van der Waals surface area contributed by atoms with Gasteiger partial charge < -0.3 is 14.2 Å². The Hall–Kier alpha value is -3.27. The molecular formula is C24H22F6N2O2. The SMILES string of the molecule is COCCN(Cc1cccn1Cc1cccc(C(F)(F)F)c1)C(=O)c1ccc(C(F)(F)F)cc1. The van der Waals surface area contributed by atoms with E-state index in [1.54, 1.807) is 29.0 Å². The highest BCUT2D eigenvalue weighted by Crippen LogP contribution is 2.30. The minimum absolute atomic E-state index is 0.0834. The summed E-state index contributed by atoms with van der Waals surface area (Å²) in [5.41, 5.74) is -0.445. The van der Waals surface area contributed by atoms with Crippen LogP contribution in [-0.4, -0.2) is 35.6 Å². The van der Waals surface area contributed by atoms with E-state index in [1.807, 2.05) is 0 Å². The molecule has 182 valence electrons. The second-order valence-electron chi connectivity index (χ2n) is 7.62. The predicted octanol–water partition coefficient (Wildman–Crippen LogP) is 5.86. The highest BCUT2D eigenvalue weighted by Gasteiger charge is 2.31. The van der Waals surface area contributed by atoms with E-state index >= 15 is 0 Å². The summed E-state index contributed by atoms with van der Waals surface area (Å²) < 4.78 is 84.4. The highest BCUT2D eigenvalue weighted by atomic mass is 19.4. The molecule has 0 radical (unpaired) electrons. The molecule has 10 heteroatoms. The van der Waals surface area contributed by atoms with Crippen molar-refractivity contribution in [3.63, 3.8) is 0 Å². The lowest BCUT2D eigenvalue weighted by molar-refractivity contribution is -0.138. The van der Waals surface area contributed by atoms with Crippen LogP contribution in [0.2, 0.25) is 0 Å². The number of methoxy groups -OCH3 is 1. The summed E-state index contributed by atoms with van der Waals surface area (Å²) in [6, 6.07) is 12.3. The maximum absolute atomic E-state index is 13.0. The standard InChI is InChI=1S/C24H22F6N2O2/c1-34-13-12-32(22(33)18-7-9-19(10-8-18)23(25,26)27)16-21-6-3-11-31(21)15-17-4-2-5-20(14-17)24(28,29)30/h2-11,14H,12-13,15-16H2,1H3. The van der Waals surface area contributed by atoms with E-state index in [1.165, 1.54) is 18.1 Å². The smallest absolute Gasteiger partial charge is 0.383 e. The van der Waals surface area contributed by atoms with Crippen molar-refractivity contribution >= 4 is 5.91 Å². The summed E-state index contributed by atoms with van der Waals surface area (Å²) >= 11 is 0. The Bertz CT molecular complexity index is 1100. The molecule has 1 aromatic heterocycles. The molecule has 0 unspecified atom stereocenters. The normalized spacial score (nSPS) is 12.1. The number of aromatic nitrogens is 1. The molecule has 0 aliphatic rings. The van der Waals surface area contributed by atoms with E-state index in [0.717, 1.165) is 36.4 Å². The molecule has 0 bridgehead atoms. The first-order chi connectivity index (χ1) is 16.0. The number of carbonyl (C=O) groups excluding carboxylic acids is 1. The Morgan fingerprint density at radius 3 is 2.21 bits per heavy atom. The van der Waals surface area contributed by atoms with Crippen LogP contribution >= 0.6 is 0 Å². The number of hydrogen-bond acceptors (Lipinski definition) is 2. The van der Waals surface area contributed by atoms with Crippen LogP contribution in [0.5, 0.6) is 0 Å². The molecule has 0 saturated carbocycles. The average Bonchev–Trinajstić information content (AvgIpc) is 3.21. The highest BCUT2D eigenvalue weighted by molar-refractivity contribution is 5.94. The lowest BCUT2D eigenvalue weighted by Gasteiger charge is -2.24. The minimum Gasteiger partial charge on any atom is -0.383 e. The molecule has 0 aliphatic carbocycles. The van der Waals surface area contributed by atoms with Crippen LogP contribution in [0.3, 0.4) is 0 Å². The van der Waals surface area contributed by atoms with E-state index in [9.17, 15) is 31.1 Å². The van der Waals surface area contributed by atoms with Gasteiger partial charge >= 0.3 is 12.4 Å². The van der Waals surface area contributed by atoms with Gasteiger partial charge in [-0.2, -0.15) is 26.3 Å². The van der Waals surface area contributed by atoms with E-state index in [0.29, 0.717) is 11.3 Å². The Labute approximate surface area is 192 Å². The summed E-state index contributed by atoms with van der Waals surface area (Å²) in [5.74, 6) is -0.488. The third kappa shape index (κ3) is 6.40. The van der Waals surface area contributed by atoms with Crippen molar-refractivity contribution in [1.29, 1.82) is 0 Å². The van der Waals surface area contributed by atoms with Crippen LogP contribution in [0, 0.1) is 0 Å². The molecule has 3 aromatic rings. The lowest BCUT2D eigenvalue weighted by atomic mass is 10.1. The summed E-state index contributed by atoms with van der Waals surface area (Å²) in [7, 11) is 1.46. The molecule has 0 spiro atoms. The van der Waals surface area contributed by atoms with Gasteiger partial charge in [-0.25, -0.2) is 0 Å². The Morgan fingerprint density at radius 1 is 0.912 bits per heavy atom. The van der Waals surface area contributed by atoms with Gasteiger partial charge in [-0.1, -0.05) is 12.1 Å². The number of benzene rings is 2. The van der Waals surface area contributed by atoms with Crippen LogP contribution < -0.4 is 0 Å². The van der Waals surface area contributed by atoms with Gasteiger partial charge in [-0.15, -0.1) is 0 Å². The fraction of sp³-hybridized carbons (Fsp3) is 0.292. The quantitative estimate of drug-likeness (QED) is 0.375. The van der Waals surface area contributed by atoms with Crippen molar-refractivity contribution < 1.29 is 35.9 Å². The number of ether oxygens (including phenoxy) is 1. The lowest BCUT2D eigenvalue weighted by Crippen LogP contribution is -2.34. The summed E-state index contributed by atoms with van der Waals surface area (Å²) in [6.45, 7) is 0.611. The fourth-order valence-electron chi connectivity index (χ4n) is 3.42. The van der Waals surface area contributed by atoms with Crippen LogP contribution in [-0.2, 0) is 30.2 Å². The Morgan fingerprint density at radius 2 is 1.59 bits per heavy atom. The summed E-state index contributed by atoms with van der Waals surface area (Å²) in [4.78, 5) is 14.4. The fourth-order valence-corrected chi connectivity index (χ4v) is 3.42. The average molecular weight is 484 g/mol. The van der Waals surface area contributed by atoms with Crippen LogP contribution in [0.25, 0.3) is 0 Å². The molecule has 0 aliphatic heterocycles. The molecule has 1 heterocycles. The molecule has 3 rings (SSSR count). The maximum Gasteiger partial charge on any atom is 0.416 e. The van der Waals surface area contributed by atoms with Gasteiger partial charge in [0.1, 0.15) is 0 Å². The van der Waals surface area contributed by atoms with E-state index < -0.39 is 29.4 Å². The Kier molecular flexibility index (Phi) is 7.71. The summed E-state index contributed by atoms with van der Waals surface area (Å²) in [6.07, 6.45) is -7.28. The van der Waals surface area contributed by atoms with Crippen molar-refractivity contribution in [3.05, 3.63) is 94.8 Å². The van der Waals surface area contributed by atoms with Gasteiger partial charge in [0.05, 0.1) is 24.3 Å². The monoisotopic (exact) mass is 484 g/mol.